The number of benzene rings is 2. The number of hydrogen-bond donors (Lipinski definition) is 1. The quantitative estimate of drug-likeness (QED) is 0.433. The molecule has 1 N–H and O–H groups in total. The molecule has 0 radical (unpaired) electrons. The van der Waals surface area contributed by atoms with Crippen LogP contribution in [0.4, 0.5) is 0 Å². The van der Waals surface area contributed by atoms with Crippen LogP contribution in [0.3, 0.4) is 0 Å². The number of aromatic amines is 1. The molecule has 0 aliphatic rings. The highest BCUT2D eigenvalue weighted by Gasteiger charge is 2.12. The molecule has 0 atom stereocenters. The maximum absolute atomic E-state index is 12.1. The first-order chi connectivity index (χ1) is 10.2. The van der Waals surface area contributed by atoms with Crippen LogP contribution in [-0.2, 0) is 4.79 Å². The number of H-pyrrole nitrogens is 1. The van der Waals surface area contributed by atoms with Crippen molar-refractivity contribution >= 4 is 27.8 Å². The Hall–Kier alpha value is -2.55. The lowest BCUT2D eigenvalue weighted by atomic mass is 10.1. The van der Waals surface area contributed by atoms with Gasteiger partial charge >= 0.3 is 5.97 Å². The zero-order valence-corrected chi connectivity index (χ0v) is 12.1. The van der Waals surface area contributed by atoms with Crippen molar-refractivity contribution in [2.24, 2.45) is 0 Å². The maximum Gasteiger partial charge on any atom is 0.338 e. The molecule has 0 aliphatic heterocycles. The number of aromatic nitrogens is 1. The second kappa shape index (κ2) is 5.44. The Morgan fingerprint density at radius 3 is 2.71 bits per heavy atom. The van der Waals surface area contributed by atoms with Crippen molar-refractivity contribution in [1.82, 2.24) is 4.98 Å². The number of carbonyl (C=O) groups excluding carboxylic acids is 1. The first-order valence-electron chi connectivity index (χ1n) is 7.09. The molecule has 0 fully saturated rings. The van der Waals surface area contributed by atoms with Gasteiger partial charge in [0.25, 0.3) is 0 Å². The van der Waals surface area contributed by atoms with Gasteiger partial charge in [0.2, 0.25) is 0 Å². The number of allylic oxidation sites excluding steroid dienone is 1. The van der Waals surface area contributed by atoms with Gasteiger partial charge in [0.15, 0.2) is 5.75 Å². The monoisotopic (exact) mass is 279 g/mol. The lowest BCUT2D eigenvalue weighted by Crippen LogP contribution is -2.09. The summed E-state index contributed by atoms with van der Waals surface area (Å²) in [5.41, 5.74) is 2.53. The molecule has 0 unspecified atom stereocenters. The van der Waals surface area contributed by atoms with Gasteiger partial charge in [0.1, 0.15) is 0 Å². The van der Waals surface area contributed by atoms with Crippen molar-refractivity contribution in [2.45, 2.75) is 20.3 Å². The standard InChI is InChI=1S/C18H17NO2/c1-3-7-12(2)18(20)21-16-11-6-9-14-13-8-4-5-10-15(13)19-17(14)16/h4-11,19H,3H2,1-2H3. The van der Waals surface area contributed by atoms with E-state index in [9.17, 15) is 4.79 Å². The second-order valence-corrected chi connectivity index (χ2v) is 5.03. The Morgan fingerprint density at radius 2 is 1.90 bits per heavy atom. The van der Waals surface area contributed by atoms with E-state index in [-0.39, 0.29) is 5.97 Å². The Morgan fingerprint density at radius 1 is 1.14 bits per heavy atom. The summed E-state index contributed by atoms with van der Waals surface area (Å²) in [5, 5.41) is 2.19. The van der Waals surface area contributed by atoms with Crippen molar-refractivity contribution in [3.8, 4) is 5.75 Å². The molecule has 0 spiro atoms. The molecule has 2 aromatic carbocycles. The van der Waals surface area contributed by atoms with Crippen molar-refractivity contribution in [2.75, 3.05) is 0 Å². The molecule has 106 valence electrons. The van der Waals surface area contributed by atoms with Gasteiger partial charge in [-0.15, -0.1) is 0 Å². The SMILES string of the molecule is CCC=C(C)C(=O)Oc1cccc2c1[nH]c1ccccc12. The van der Waals surface area contributed by atoms with Crippen LogP contribution >= 0.6 is 0 Å². The summed E-state index contributed by atoms with van der Waals surface area (Å²) in [4.78, 5) is 15.4. The first-order valence-corrected chi connectivity index (χ1v) is 7.09. The molecular formula is C18H17NO2. The molecule has 0 bridgehead atoms. The Bertz CT molecular complexity index is 843. The van der Waals surface area contributed by atoms with Gasteiger partial charge in [-0.1, -0.05) is 43.3 Å². The number of carbonyl (C=O) groups is 1. The number of ether oxygens (including phenoxy) is 1. The van der Waals surface area contributed by atoms with Crippen molar-refractivity contribution < 1.29 is 9.53 Å². The van der Waals surface area contributed by atoms with Gasteiger partial charge in [-0.05, 0) is 25.5 Å². The number of hydrogen-bond acceptors (Lipinski definition) is 2. The average Bonchev–Trinajstić information content (AvgIpc) is 2.87. The third-order valence-electron chi connectivity index (χ3n) is 3.54. The van der Waals surface area contributed by atoms with Crippen LogP contribution < -0.4 is 4.74 Å². The maximum atomic E-state index is 12.1. The van der Waals surface area contributed by atoms with E-state index in [1.807, 2.05) is 49.4 Å². The highest BCUT2D eigenvalue weighted by molar-refractivity contribution is 6.09. The summed E-state index contributed by atoms with van der Waals surface area (Å²) in [5.74, 6) is 0.264. The largest absolute Gasteiger partial charge is 0.421 e. The average molecular weight is 279 g/mol. The fourth-order valence-corrected chi connectivity index (χ4v) is 2.50. The van der Waals surface area contributed by atoms with E-state index < -0.39 is 0 Å². The van der Waals surface area contributed by atoms with E-state index in [0.29, 0.717) is 11.3 Å². The summed E-state index contributed by atoms with van der Waals surface area (Å²) in [6.07, 6.45) is 2.69. The minimum Gasteiger partial charge on any atom is -0.421 e. The Balaban J connectivity index is 2.07. The van der Waals surface area contributed by atoms with E-state index in [4.69, 9.17) is 4.74 Å². The highest BCUT2D eigenvalue weighted by Crippen LogP contribution is 2.31. The van der Waals surface area contributed by atoms with E-state index >= 15 is 0 Å². The van der Waals surface area contributed by atoms with Crippen molar-refractivity contribution in [3.05, 3.63) is 54.1 Å². The van der Waals surface area contributed by atoms with Gasteiger partial charge in [-0.3, -0.25) is 0 Å². The molecular weight excluding hydrogens is 262 g/mol. The highest BCUT2D eigenvalue weighted by atomic mass is 16.5. The van der Waals surface area contributed by atoms with Gasteiger partial charge in [-0.2, -0.15) is 0 Å². The number of esters is 1. The number of nitrogens with one attached hydrogen (secondary N) is 1. The lowest BCUT2D eigenvalue weighted by Gasteiger charge is -2.05. The van der Waals surface area contributed by atoms with E-state index in [2.05, 4.69) is 11.1 Å². The Kier molecular flexibility index (Phi) is 3.48. The third-order valence-corrected chi connectivity index (χ3v) is 3.54. The molecule has 3 heteroatoms. The molecule has 1 heterocycles. The van der Waals surface area contributed by atoms with Crippen LogP contribution in [0.25, 0.3) is 21.8 Å². The van der Waals surface area contributed by atoms with Gasteiger partial charge < -0.3 is 9.72 Å². The number of rotatable bonds is 3. The van der Waals surface area contributed by atoms with E-state index in [1.165, 1.54) is 0 Å². The fraction of sp³-hybridized carbons (Fsp3) is 0.167. The number of fused-ring (bicyclic) bond motifs is 3. The predicted molar refractivity (Wildman–Crippen MR) is 85.5 cm³/mol. The molecule has 3 nitrogen and oxygen atoms in total. The van der Waals surface area contributed by atoms with Crippen LogP contribution in [0, 0.1) is 0 Å². The normalized spacial score (nSPS) is 12.0. The number of para-hydroxylation sites is 2. The molecule has 21 heavy (non-hydrogen) atoms. The Labute approximate surface area is 123 Å². The summed E-state index contributed by atoms with van der Waals surface area (Å²) < 4.78 is 5.53. The molecule has 3 aromatic rings. The summed E-state index contributed by atoms with van der Waals surface area (Å²) in [6, 6.07) is 13.8. The summed E-state index contributed by atoms with van der Waals surface area (Å²) >= 11 is 0. The fourth-order valence-electron chi connectivity index (χ4n) is 2.50. The van der Waals surface area contributed by atoms with Gasteiger partial charge in [0.05, 0.1) is 5.52 Å². The van der Waals surface area contributed by atoms with Crippen molar-refractivity contribution in [1.29, 1.82) is 0 Å². The summed E-state index contributed by atoms with van der Waals surface area (Å²) in [7, 11) is 0. The molecule has 1 aromatic heterocycles. The zero-order valence-electron chi connectivity index (χ0n) is 12.1. The topological polar surface area (TPSA) is 42.1 Å². The molecule has 0 amide bonds. The lowest BCUT2D eigenvalue weighted by molar-refractivity contribution is -0.130. The smallest absolute Gasteiger partial charge is 0.338 e. The molecule has 0 saturated carbocycles. The minimum absolute atomic E-state index is 0.303. The third kappa shape index (κ3) is 2.42. The van der Waals surface area contributed by atoms with Crippen LogP contribution in [0.5, 0.6) is 5.75 Å². The zero-order chi connectivity index (χ0) is 14.8. The van der Waals surface area contributed by atoms with Crippen LogP contribution in [-0.4, -0.2) is 11.0 Å². The van der Waals surface area contributed by atoms with E-state index in [1.54, 1.807) is 6.92 Å². The van der Waals surface area contributed by atoms with Gasteiger partial charge in [-0.25, -0.2) is 4.79 Å². The van der Waals surface area contributed by atoms with Crippen molar-refractivity contribution in [3.63, 3.8) is 0 Å². The van der Waals surface area contributed by atoms with Crippen LogP contribution in [0.1, 0.15) is 20.3 Å². The predicted octanol–water partition coefficient (Wildman–Crippen LogP) is 4.58. The van der Waals surface area contributed by atoms with Crippen LogP contribution in [0.2, 0.25) is 0 Å². The second-order valence-electron chi connectivity index (χ2n) is 5.03. The molecule has 0 aliphatic carbocycles. The van der Waals surface area contributed by atoms with Crippen LogP contribution in [0.15, 0.2) is 54.1 Å². The minimum atomic E-state index is -0.303. The first kappa shape index (κ1) is 13.4. The van der Waals surface area contributed by atoms with Gasteiger partial charge in [0, 0.05) is 21.9 Å². The molecule has 3 rings (SSSR count). The van der Waals surface area contributed by atoms with E-state index in [0.717, 1.165) is 28.2 Å². The summed E-state index contributed by atoms with van der Waals surface area (Å²) in [6.45, 7) is 3.77. The molecule has 0 saturated heterocycles.